The van der Waals surface area contributed by atoms with E-state index in [0.717, 1.165) is 5.56 Å². The van der Waals surface area contributed by atoms with Gasteiger partial charge in [0.1, 0.15) is 5.82 Å². The van der Waals surface area contributed by atoms with Crippen LogP contribution >= 0.6 is 0 Å². The normalized spacial score (nSPS) is 31.0. The van der Waals surface area contributed by atoms with Gasteiger partial charge in [-0.15, -0.1) is 0 Å². The maximum atomic E-state index is 13.5. The van der Waals surface area contributed by atoms with E-state index in [1.165, 1.54) is 31.4 Å². The Bertz CT molecular complexity index is 662. The molecule has 0 saturated heterocycles. The molecule has 2 bridgehead atoms. The SMILES string of the molecule is Cc1cc(F)cc(-c2noc(C3C4CCC(C4)C3N)n2)c1. The van der Waals surface area contributed by atoms with Gasteiger partial charge in [-0.3, -0.25) is 0 Å². The molecule has 1 heterocycles. The highest BCUT2D eigenvalue weighted by Gasteiger charge is 2.48. The van der Waals surface area contributed by atoms with Gasteiger partial charge in [0.25, 0.3) is 0 Å². The fraction of sp³-hybridized carbons (Fsp3) is 0.500. The van der Waals surface area contributed by atoms with Gasteiger partial charge in [0.15, 0.2) is 0 Å². The van der Waals surface area contributed by atoms with E-state index in [1.807, 2.05) is 13.0 Å². The van der Waals surface area contributed by atoms with Crippen molar-refractivity contribution in [3.63, 3.8) is 0 Å². The summed E-state index contributed by atoms with van der Waals surface area (Å²) in [6.07, 6.45) is 3.58. The van der Waals surface area contributed by atoms with E-state index in [2.05, 4.69) is 10.1 Å². The maximum Gasteiger partial charge on any atom is 0.231 e. The fourth-order valence-corrected chi connectivity index (χ4v) is 4.06. The van der Waals surface area contributed by atoms with Gasteiger partial charge in [-0.05, 0) is 61.8 Å². The lowest BCUT2D eigenvalue weighted by atomic mass is 9.85. The molecule has 4 nitrogen and oxygen atoms in total. The first-order chi connectivity index (χ1) is 10.1. The van der Waals surface area contributed by atoms with Crippen LogP contribution in [0.25, 0.3) is 11.4 Å². The lowest BCUT2D eigenvalue weighted by molar-refractivity contribution is 0.279. The van der Waals surface area contributed by atoms with Crippen molar-refractivity contribution >= 4 is 0 Å². The van der Waals surface area contributed by atoms with Gasteiger partial charge < -0.3 is 10.3 Å². The summed E-state index contributed by atoms with van der Waals surface area (Å²) < 4.78 is 18.9. The van der Waals surface area contributed by atoms with Crippen LogP contribution in [0.4, 0.5) is 4.39 Å². The van der Waals surface area contributed by atoms with Crippen molar-refractivity contribution in [2.24, 2.45) is 17.6 Å². The Morgan fingerprint density at radius 3 is 2.76 bits per heavy atom. The van der Waals surface area contributed by atoms with Crippen molar-refractivity contribution in [2.45, 2.75) is 38.1 Å². The van der Waals surface area contributed by atoms with Gasteiger partial charge in [-0.2, -0.15) is 4.98 Å². The average Bonchev–Trinajstić information content (AvgIpc) is 3.11. The van der Waals surface area contributed by atoms with Gasteiger partial charge in [0.2, 0.25) is 11.7 Å². The van der Waals surface area contributed by atoms with Crippen LogP contribution in [0.1, 0.15) is 36.6 Å². The van der Waals surface area contributed by atoms with Crippen molar-refractivity contribution in [3.05, 3.63) is 35.5 Å². The van der Waals surface area contributed by atoms with Crippen molar-refractivity contribution < 1.29 is 8.91 Å². The summed E-state index contributed by atoms with van der Waals surface area (Å²) in [5.74, 6) is 2.10. The van der Waals surface area contributed by atoms with Crippen LogP contribution in [0.2, 0.25) is 0 Å². The highest BCUT2D eigenvalue weighted by atomic mass is 19.1. The second-order valence-electron chi connectivity index (χ2n) is 6.41. The van der Waals surface area contributed by atoms with Crippen molar-refractivity contribution in [3.8, 4) is 11.4 Å². The van der Waals surface area contributed by atoms with Gasteiger partial charge in [-0.25, -0.2) is 4.39 Å². The van der Waals surface area contributed by atoms with Crippen molar-refractivity contribution in [2.75, 3.05) is 0 Å². The standard InChI is InChI=1S/C16H18FN3O/c1-8-4-11(7-12(17)5-8)15-19-16(21-20-15)13-9-2-3-10(6-9)14(13)18/h4-5,7,9-10,13-14H,2-3,6,18H2,1H3. The zero-order valence-electron chi connectivity index (χ0n) is 11.9. The topological polar surface area (TPSA) is 64.9 Å². The predicted molar refractivity (Wildman–Crippen MR) is 76.0 cm³/mol. The van der Waals surface area contributed by atoms with Crippen LogP contribution in [0, 0.1) is 24.6 Å². The van der Waals surface area contributed by atoms with E-state index in [4.69, 9.17) is 10.3 Å². The third-order valence-corrected chi connectivity index (χ3v) is 5.01. The highest BCUT2D eigenvalue weighted by molar-refractivity contribution is 5.55. The molecule has 4 rings (SSSR count). The molecule has 4 unspecified atom stereocenters. The molecule has 4 atom stereocenters. The first-order valence-corrected chi connectivity index (χ1v) is 7.48. The van der Waals surface area contributed by atoms with Crippen LogP contribution in [-0.4, -0.2) is 16.2 Å². The Labute approximate surface area is 122 Å². The number of fused-ring (bicyclic) bond motifs is 2. The monoisotopic (exact) mass is 287 g/mol. The zero-order valence-corrected chi connectivity index (χ0v) is 11.9. The Morgan fingerprint density at radius 1 is 1.24 bits per heavy atom. The number of aromatic nitrogens is 2. The van der Waals surface area contributed by atoms with Gasteiger partial charge >= 0.3 is 0 Å². The number of hydrogen-bond acceptors (Lipinski definition) is 4. The molecule has 0 spiro atoms. The second-order valence-corrected chi connectivity index (χ2v) is 6.41. The highest BCUT2D eigenvalue weighted by Crippen LogP contribution is 2.51. The van der Waals surface area contributed by atoms with E-state index < -0.39 is 0 Å². The third kappa shape index (κ3) is 2.07. The Morgan fingerprint density at radius 2 is 2.05 bits per heavy atom. The molecule has 2 aliphatic carbocycles. The summed E-state index contributed by atoms with van der Waals surface area (Å²) in [4.78, 5) is 4.49. The summed E-state index contributed by atoms with van der Waals surface area (Å²) in [5.41, 5.74) is 7.80. The van der Waals surface area contributed by atoms with E-state index in [1.54, 1.807) is 0 Å². The lowest BCUT2D eigenvalue weighted by Crippen LogP contribution is -2.34. The molecule has 0 aliphatic heterocycles. The minimum absolute atomic E-state index is 0.117. The molecule has 0 radical (unpaired) electrons. The lowest BCUT2D eigenvalue weighted by Gasteiger charge is -2.24. The largest absolute Gasteiger partial charge is 0.339 e. The minimum Gasteiger partial charge on any atom is -0.339 e. The maximum absolute atomic E-state index is 13.5. The van der Waals surface area contributed by atoms with E-state index in [9.17, 15) is 4.39 Å². The van der Waals surface area contributed by atoms with Gasteiger partial charge in [0.05, 0.1) is 5.92 Å². The molecule has 2 fully saturated rings. The summed E-state index contributed by atoms with van der Waals surface area (Å²) in [5, 5.41) is 4.02. The first kappa shape index (κ1) is 13.0. The number of benzene rings is 1. The van der Waals surface area contributed by atoms with Crippen molar-refractivity contribution in [1.29, 1.82) is 0 Å². The van der Waals surface area contributed by atoms with E-state index in [-0.39, 0.29) is 17.8 Å². The number of nitrogens with zero attached hydrogens (tertiary/aromatic N) is 2. The molecular weight excluding hydrogens is 269 g/mol. The average molecular weight is 287 g/mol. The van der Waals surface area contributed by atoms with Crippen LogP contribution < -0.4 is 5.73 Å². The number of nitrogens with two attached hydrogens (primary N) is 1. The molecule has 21 heavy (non-hydrogen) atoms. The van der Waals surface area contributed by atoms with Crippen LogP contribution in [-0.2, 0) is 0 Å². The number of hydrogen-bond donors (Lipinski definition) is 1. The molecule has 2 aliphatic rings. The third-order valence-electron chi connectivity index (χ3n) is 5.01. The fourth-order valence-electron chi connectivity index (χ4n) is 4.06. The van der Waals surface area contributed by atoms with E-state index in [0.29, 0.717) is 29.1 Å². The van der Waals surface area contributed by atoms with Crippen LogP contribution in [0.5, 0.6) is 0 Å². The summed E-state index contributed by atoms with van der Waals surface area (Å²) in [6.45, 7) is 1.85. The Hall–Kier alpha value is -1.75. The molecule has 2 aromatic rings. The van der Waals surface area contributed by atoms with Gasteiger partial charge in [0, 0.05) is 11.6 Å². The summed E-state index contributed by atoms with van der Waals surface area (Å²) >= 11 is 0. The van der Waals surface area contributed by atoms with Crippen LogP contribution in [0.3, 0.4) is 0 Å². The first-order valence-electron chi connectivity index (χ1n) is 7.48. The molecule has 1 aromatic carbocycles. The number of rotatable bonds is 2. The smallest absolute Gasteiger partial charge is 0.231 e. The zero-order chi connectivity index (χ0) is 14.6. The molecule has 2 N–H and O–H groups in total. The molecule has 110 valence electrons. The minimum atomic E-state index is -0.284. The molecule has 5 heteroatoms. The van der Waals surface area contributed by atoms with Gasteiger partial charge in [-0.1, -0.05) is 5.16 Å². The molecular formula is C16H18FN3O. The number of aryl methyl sites for hydroxylation is 1. The Balaban J connectivity index is 1.67. The molecule has 1 aromatic heterocycles. The number of halogens is 1. The quantitative estimate of drug-likeness (QED) is 0.922. The summed E-state index contributed by atoms with van der Waals surface area (Å²) in [6, 6.07) is 4.89. The summed E-state index contributed by atoms with van der Waals surface area (Å²) in [7, 11) is 0. The Kier molecular flexibility index (Phi) is 2.85. The van der Waals surface area contributed by atoms with Crippen molar-refractivity contribution in [1.82, 2.24) is 10.1 Å². The molecule has 0 amide bonds. The predicted octanol–water partition coefficient (Wildman–Crippen LogP) is 3.02. The van der Waals surface area contributed by atoms with Crippen LogP contribution in [0.15, 0.2) is 22.7 Å². The molecule has 2 saturated carbocycles. The second kappa shape index (κ2) is 4.63. The van der Waals surface area contributed by atoms with E-state index >= 15 is 0 Å².